The zero-order chi connectivity index (χ0) is 14.5. The molecular weight excluding hydrogens is 258 g/mol. The largest absolute Gasteiger partial charge is 0.476 e. The van der Waals surface area contributed by atoms with Gasteiger partial charge in [0.25, 0.3) is 0 Å². The molecular formula is C14H15N3O3. The molecule has 2 rings (SSSR count). The van der Waals surface area contributed by atoms with Crippen LogP contribution in [-0.4, -0.2) is 27.8 Å². The monoisotopic (exact) mass is 273 g/mol. The van der Waals surface area contributed by atoms with Gasteiger partial charge in [0.05, 0.1) is 0 Å². The minimum atomic E-state index is -1.07. The summed E-state index contributed by atoms with van der Waals surface area (Å²) in [6, 6.07) is 9.32. The second-order valence-electron chi connectivity index (χ2n) is 4.18. The van der Waals surface area contributed by atoms with Crippen LogP contribution < -0.4 is 10.1 Å². The van der Waals surface area contributed by atoms with Crippen LogP contribution >= 0.6 is 0 Å². The number of anilines is 1. The van der Waals surface area contributed by atoms with Gasteiger partial charge < -0.3 is 15.2 Å². The van der Waals surface area contributed by atoms with Crippen LogP contribution in [0.3, 0.4) is 0 Å². The van der Waals surface area contributed by atoms with Crippen molar-refractivity contribution < 1.29 is 14.6 Å². The maximum Gasteiger partial charge on any atom is 0.354 e. The molecule has 0 aliphatic heterocycles. The zero-order valence-corrected chi connectivity index (χ0v) is 11.3. The van der Waals surface area contributed by atoms with Crippen molar-refractivity contribution in [3.63, 3.8) is 0 Å². The fourth-order valence-corrected chi connectivity index (χ4v) is 1.71. The number of nitrogens with one attached hydrogen (secondary N) is 1. The molecule has 0 saturated heterocycles. The molecule has 0 atom stereocenters. The van der Waals surface area contributed by atoms with E-state index in [1.807, 2.05) is 30.3 Å². The SMILES string of the molecule is Cc1nc(NCOc2ccccc2)c(C)c(C(=O)O)n1. The molecule has 0 bridgehead atoms. The van der Waals surface area contributed by atoms with E-state index in [0.717, 1.165) is 5.75 Å². The van der Waals surface area contributed by atoms with Crippen LogP contribution in [0.25, 0.3) is 0 Å². The Bertz CT molecular complexity index is 615. The number of rotatable bonds is 5. The van der Waals surface area contributed by atoms with Crippen LogP contribution in [0.4, 0.5) is 5.82 Å². The van der Waals surface area contributed by atoms with E-state index < -0.39 is 5.97 Å². The Balaban J connectivity index is 2.08. The van der Waals surface area contributed by atoms with E-state index in [1.54, 1.807) is 13.8 Å². The number of hydrogen-bond acceptors (Lipinski definition) is 5. The van der Waals surface area contributed by atoms with E-state index in [4.69, 9.17) is 9.84 Å². The third-order valence-electron chi connectivity index (χ3n) is 2.68. The molecule has 6 nitrogen and oxygen atoms in total. The van der Waals surface area contributed by atoms with Crippen molar-refractivity contribution >= 4 is 11.8 Å². The first-order valence-electron chi connectivity index (χ1n) is 6.08. The second-order valence-corrected chi connectivity index (χ2v) is 4.18. The molecule has 0 aliphatic carbocycles. The average molecular weight is 273 g/mol. The van der Waals surface area contributed by atoms with E-state index >= 15 is 0 Å². The van der Waals surface area contributed by atoms with Gasteiger partial charge in [-0.25, -0.2) is 14.8 Å². The lowest BCUT2D eigenvalue weighted by Gasteiger charge is -2.12. The number of benzene rings is 1. The molecule has 0 aliphatic rings. The highest BCUT2D eigenvalue weighted by Gasteiger charge is 2.14. The van der Waals surface area contributed by atoms with Gasteiger partial charge in [0, 0.05) is 5.56 Å². The first-order chi connectivity index (χ1) is 9.58. The predicted molar refractivity (Wildman–Crippen MR) is 74.0 cm³/mol. The Morgan fingerprint density at radius 2 is 1.95 bits per heavy atom. The number of carboxylic acids is 1. The molecule has 0 radical (unpaired) electrons. The summed E-state index contributed by atoms with van der Waals surface area (Å²) in [5.41, 5.74) is 0.486. The highest BCUT2D eigenvalue weighted by Crippen LogP contribution is 2.16. The number of nitrogens with zero attached hydrogens (tertiary/aromatic N) is 2. The third kappa shape index (κ3) is 3.23. The van der Waals surface area contributed by atoms with Gasteiger partial charge in [0.1, 0.15) is 17.4 Å². The van der Waals surface area contributed by atoms with E-state index in [0.29, 0.717) is 17.2 Å². The molecule has 0 unspecified atom stereocenters. The maximum absolute atomic E-state index is 11.1. The molecule has 1 aromatic heterocycles. The first-order valence-corrected chi connectivity index (χ1v) is 6.08. The van der Waals surface area contributed by atoms with Crippen LogP contribution in [-0.2, 0) is 0 Å². The van der Waals surface area contributed by atoms with Crippen LogP contribution in [0, 0.1) is 13.8 Å². The van der Waals surface area contributed by atoms with Crippen LogP contribution in [0.5, 0.6) is 5.75 Å². The van der Waals surface area contributed by atoms with Crippen molar-refractivity contribution in [3.05, 3.63) is 47.4 Å². The average Bonchev–Trinajstić information content (AvgIpc) is 2.43. The summed E-state index contributed by atoms with van der Waals surface area (Å²) in [5.74, 6) is 0.517. The topological polar surface area (TPSA) is 84.3 Å². The number of aromatic carboxylic acids is 1. The van der Waals surface area contributed by atoms with Crippen molar-refractivity contribution in [2.45, 2.75) is 13.8 Å². The number of carboxylic acid groups (broad SMARTS) is 1. The zero-order valence-electron chi connectivity index (χ0n) is 11.3. The molecule has 2 aromatic rings. The van der Waals surface area contributed by atoms with E-state index in [2.05, 4.69) is 15.3 Å². The van der Waals surface area contributed by atoms with Gasteiger partial charge in [-0.15, -0.1) is 0 Å². The van der Waals surface area contributed by atoms with Crippen LogP contribution in [0.2, 0.25) is 0 Å². The smallest absolute Gasteiger partial charge is 0.354 e. The Labute approximate surface area is 116 Å². The summed E-state index contributed by atoms with van der Waals surface area (Å²) in [7, 11) is 0. The Hall–Kier alpha value is -2.63. The summed E-state index contributed by atoms with van der Waals surface area (Å²) in [4.78, 5) is 19.2. The van der Waals surface area contributed by atoms with Crippen molar-refractivity contribution in [2.75, 3.05) is 12.0 Å². The lowest BCUT2D eigenvalue weighted by Crippen LogP contribution is -2.15. The Morgan fingerprint density at radius 3 is 2.60 bits per heavy atom. The van der Waals surface area contributed by atoms with Crippen molar-refractivity contribution in [1.29, 1.82) is 0 Å². The molecule has 20 heavy (non-hydrogen) atoms. The first kappa shape index (κ1) is 13.8. The van der Waals surface area contributed by atoms with Crippen molar-refractivity contribution in [2.24, 2.45) is 0 Å². The Morgan fingerprint density at radius 1 is 1.25 bits per heavy atom. The van der Waals surface area contributed by atoms with Gasteiger partial charge in [-0.05, 0) is 26.0 Å². The highest BCUT2D eigenvalue weighted by atomic mass is 16.5. The van der Waals surface area contributed by atoms with Crippen LogP contribution in [0.1, 0.15) is 21.9 Å². The predicted octanol–water partition coefficient (Wildman–Crippen LogP) is 2.24. The van der Waals surface area contributed by atoms with Gasteiger partial charge in [0.15, 0.2) is 12.4 Å². The quantitative estimate of drug-likeness (QED) is 0.813. The highest BCUT2D eigenvalue weighted by molar-refractivity contribution is 5.88. The molecule has 0 fully saturated rings. The van der Waals surface area contributed by atoms with E-state index in [9.17, 15) is 4.79 Å². The fourth-order valence-electron chi connectivity index (χ4n) is 1.71. The molecule has 0 spiro atoms. The summed E-state index contributed by atoms with van der Waals surface area (Å²) in [6.07, 6.45) is 0. The van der Waals surface area contributed by atoms with E-state index in [1.165, 1.54) is 0 Å². The third-order valence-corrected chi connectivity index (χ3v) is 2.68. The number of aryl methyl sites for hydroxylation is 1. The van der Waals surface area contributed by atoms with Crippen molar-refractivity contribution in [1.82, 2.24) is 9.97 Å². The maximum atomic E-state index is 11.1. The number of para-hydroxylation sites is 1. The van der Waals surface area contributed by atoms with Gasteiger partial charge >= 0.3 is 5.97 Å². The standard InChI is InChI=1S/C14H15N3O3/c1-9-12(14(18)19)16-10(2)17-13(9)15-8-20-11-6-4-3-5-7-11/h3-7H,8H2,1-2H3,(H,18,19)(H,15,16,17). The van der Waals surface area contributed by atoms with Gasteiger partial charge in [-0.3, -0.25) is 0 Å². The minimum Gasteiger partial charge on any atom is -0.476 e. The lowest BCUT2D eigenvalue weighted by atomic mass is 10.2. The fraction of sp³-hybridized carbons (Fsp3) is 0.214. The number of hydrogen-bond donors (Lipinski definition) is 2. The molecule has 2 N–H and O–H groups in total. The van der Waals surface area contributed by atoms with Gasteiger partial charge in [-0.2, -0.15) is 0 Å². The molecule has 0 saturated carbocycles. The Kier molecular flexibility index (Phi) is 4.14. The number of aromatic nitrogens is 2. The minimum absolute atomic E-state index is 0.000267. The summed E-state index contributed by atoms with van der Waals surface area (Å²) in [6.45, 7) is 3.50. The van der Waals surface area contributed by atoms with Crippen molar-refractivity contribution in [3.8, 4) is 5.75 Å². The second kappa shape index (κ2) is 6.01. The number of carbonyl (C=O) groups is 1. The molecule has 1 aromatic carbocycles. The van der Waals surface area contributed by atoms with E-state index in [-0.39, 0.29) is 12.4 Å². The molecule has 104 valence electrons. The molecule has 0 amide bonds. The summed E-state index contributed by atoms with van der Waals surface area (Å²) < 4.78 is 5.49. The molecule has 6 heteroatoms. The summed E-state index contributed by atoms with van der Waals surface area (Å²) in [5, 5.41) is 12.0. The van der Waals surface area contributed by atoms with Gasteiger partial charge in [-0.1, -0.05) is 18.2 Å². The van der Waals surface area contributed by atoms with Gasteiger partial charge in [0.2, 0.25) is 0 Å². The summed E-state index contributed by atoms with van der Waals surface area (Å²) >= 11 is 0. The number of ether oxygens (including phenoxy) is 1. The lowest BCUT2D eigenvalue weighted by molar-refractivity contribution is 0.0689. The van der Waals surface area contributed by atoms with Crippen LogP contribution in [0.15, 0.2) is 30.3 Å². The normalized spacial score (nSPS) is 10.1. The molecule has 1 heterocycles.